The van der Waals surface area contributed by atoms with Gasteiger partial charge in [-0.05, 0) is 43.4 Å². The maximum absolute atomic E-state index is 6.07. The molecule has 90 valence electrons. The van der Waals surface area contributed by atoms with Gasteiger partial charge >= 0.3 is 0 Å². The molecule has 1 fully saturated rings. The standard InChI is InChI=1S/C12H27NOSi/c1-12(2,3)15(4,5)14-9-8-13-10-11-6-7-11/h11,13H,6-10H2,1-5H3. The van der Waals surface area contributed by atoms with Crippen molar-refractivity contribution in [3.8, 4) is 0 Å². The van der Waals surface area contributed by atoms with E-state index in [1.807, 2.05) is 0 Å². The summed E-state index contributed by atoms with van der Waals surface area (Å²) >= 11 is 0. The summed E-state index contributed by atoms with van der Waals surface area (Å²) in [7, 11) is -1.51. The van der Waals surface area contributed by atoms with Crippen molar-refractivity contribution in [3.63, 3.8) is 0 Å². The zero-order chi connectivity index (χ0) is 11.5. The average Bonchev–Trinajstić information content (AvgIpc) is 2.85. The van der Waals surface area contributed by atoms with Crippen molar-refractivity contribution in [1.82, 2.24) is 5.32 Å². The molecule has 0 aromatic rings. The molecule has 15 heavy (non-hydrogen) atoms. The largest absolute Gasteiger partial charge is 0.416 e. The Morgan fingerprint density at radius 3 is 2.33 bits per heavy atom. The second kappa shape index (κ2) is 4.98. The molecule has 0 unspecified atom stereocenters. The van der Waals surface area contributed by atoms with Crippen LogP contribution >= 0.6 is 0 Å². The second-order valence-electron chi connectivity index (χ2n) is 6.26. The molecule has 1 aliphatic rings. The average molecular weight is 229 g/mol. The van der Waals surface area contributed by atoms with Gasteiger partial charge in [0.1, 0.15) is 0 Å². The van der Waals surface area contributed by atoms with E-state index in [2.05, 4.69) is 39.2 Å². The fourth-order valence-electron chi connectivity index (χ4n) is 1.22. The number of hydrogen-bond donors (Lipinski definition) is 1. The Morgan fingerprint density at radius 2 is 1.87 bits per heavy atom. The van der Waals surface area contributed by atoms with Gasteiger partial charge in [0.2, 0.25) is 0 Å². The summed E-state index contributed by atoms with van der Waals surface area (Å²) in [4.78, 5) is 0. The van der Waals surface area contributed by atoms with Gasteiger partial charge in [-0.3, -0.25) is 0 Å². The number of nitrogens with one attached hydrogen (secondary N) is 1. The number of hydrogen-bond acceptors (Lipinski definition) is 2. The Hall–Kier alpha value is 0.137. The maximum Gasteiger partial charge on any atom is 0.192 e. The van der Waals surface area contributed by atoms with Crippen molar-refractivity contribution in [2.45, 2.75) is 51.7 Å². The molecule has 2 nitrogen and oxygen atoms in total. The van der Waals surface area contributed by atoms with E-state index in [0.29, 0.717) is 5.04 Å². The summed E-state index contributed by atoms with van der Waals surface area (Å²) in [6, 6.07) is 0. The highest BCUT2D eigenvalue weighted by molar-refractivity contribution is 6.74. The third kappa shape index (κ3) is 4.66. The third-order valence-electron chi connectivity index (χ3n) is 3.68. The van der Waals surface area contributed by atoms with Gasteiger partial charge in [-0.2, -0.15) is 0 Å². The fourth-order valence-corrected chi connectivity index (χ4v) is 2.27. The van der Waals surface area contributed by atoms with E-state index in [0.717, 1.165) is 19.1 Å². The van der Waals surface area contributed by atoms with Crippen molar-refractivity contribution >= 4 is 8.32 Å². The van der Waals surface area contributed by atoms with Gasteiger partial charge in [-0.25, -0.2) is 0 Å². The van der Waals surface area contributed by atoms with Crippen molar-refractivity contribution in [2.24, 2.45) is 5.92 Å². The van der Waals surface area contributed by atoms with Gasteiger partial charge in [0.05, 0.1) is 0 Å². The monoisotopic (exact) mass is 229 g/mol. The van der Waals surface area contributed by atoms with E-state index >= 15 is 0 Å². The molecule has 0 saturated heterocycles. The number of rotatable bonds is 6. The normalized spacial score (nSPS) is 18.2. The van der Waals surface area contributed by atoms with Crippen LogP contribution in [0, 0.1) is 5.92 Å². The quantitative estimate of drug-likeness (QED) is 0.558. The third-order valence-corrected chi connectivity index (χ3v) is 8.22. The van der Waals surface area contributed by atoms with E-state index in [1.54, 1.807) is 0 Å². The molecule has 1 saturated carbocycles. The molecule has 0 amide bonds. The van der Waals surface area contributed by atoms with Crippen LogP contribution in [-0.2, 0) is 4.43 Å². The van der Waals surface area contributed by atoms with Crippen LogP contribution in [-0.4, -0.2) is 28.0 Å². The first kappa shape index (κ1) is 13.2. The minimum Gasteiger partial charge on any atom is -0.416 e. The Bertz CT molecular complexity index is 194. The van der Waals surface area contributed by atoms with Crippen molar-refractivity contribution in [3.05, 3.63) is 0 Å². The van der Waals surface area contributed by atoms with Gasteiger partial charge in [0.15, 0.2) is 8.32 Å². The molecule has 0 heterocycles. The molecule has 0 radical (unpaired) electrons. The predicted molar refractivity (Wildman–Crippen MR) is 68.7 cm³/mol. The van der Waals surface area contributed by atoms with Crippen LogP contribution in [0.5, 0.6) is 0 Å². The van der Waals surface area contributed by atoms with Gasteiger partial charge in [-0.15, -0.1) is 0 Å². The lowest BCUT2D eigenvalue weighted by Gasteiger charge is -2.36. The first-order valence-electron chi connectivity index (χ1n) is 6.17. The van der Waals surface area contributed by atoms with E-state index in [9.17, 15) is 0 Å². The van der Waals surface area contributed by atoms with Crippen LogP contribution in [0.4, 0.5) is 0 Å². The Kier molecular flexibility index (Phi) is 4.38. The molecular formula is C12H27NOSi. The lowest BCUT2D eigenvalue weighted by Crippen LogP contribution is -2.42. The van der Waals surface area contributed by atoms with E-state index < -0.39 is 8.32 Å². The topological polar surface area (TPSA) is 21.3 Å². The summed E-state index contributed by atoms with van der Waals surface area (Å²) in [5.74, 6) is 0.970. The fraction of sp³-hybridized carbons (Fsp3) is 1.00. The maximum atomic E-state index is 6.07. The minimum absolute atomic E-state index is 0.337. The Balaban J connectivity index is 2.06. The molecule has 0 bridgehead atoms. The Labute approximate surface area is 95.9 Å². The predicted octanol–water partition coefficient (Wildman–Crippen LogP) is 3.01. The molecule has 0 aromatic heterocycles. The summed E-state index contributed by atoms with van der Waals surface area (Å²) in [5.41, 5.74) is 0. The van der Waals surface area contributed by atoms with Crippen molar-refractivity contribution in [2.75, 3.05) is 19.7 Å². The molecule has 1 rings (SSSR count). The summed E-state index contributed by atoms with van der Waals surface area (Å²) in [5, 5.41) is 3.81. The lowest BCUT2D eigenvalue weighted by atomic mass is 10.2. The zero-order valence-corrected chi connectivity index (χ0v) is 12.0. The van der Waals surface area contributed by atoms with Gasteiger partial charge in [0, 0.05) is 13.2 Å². The van der Waals surface area contributed by atoms with Crippen LogP contribution in [0.25, 0.3) is 0 Å². The molecule has 1 aliphatic carbocycles. The molecule has 0 aliphatic heterocycles. The van der Waals surface area contributed by atoms with E-state index in [-0.39, 0.29) is 0 Å². The summed E-state index contributed by atoms with van der Waals surface area (Å²) < 4.78 is 6.07. The van der Waals surface area contributed by atoms with Crippen molar-refractivity contribution < 1.29 is 4.43 Å². The van der Waals surface area contributed by atoms with Gasteiger partial charge in [-0.1, -0.05) is 20.8 Å². The Morgan fingerprint density at radius 1 is 1.27 bits per heavy atom. The minimum atomic E-state index is -1.51. The van der Waals surface area contributed by atoms with Gasteiger partial charge in [0.25, 0.3) is 0 Å². The van der Waals surface area contributed by atoms with Crippen LogP contribution < -0.4 is 5.32 Å². The van der Waals surface area contributed by atoms with Gasteiger partial charge < -0.3 is 9.74 Å². The SMILES string of the molecule is CC(C)(C)[Si](C)(C)OCCNCC1CC1. The molecular weight excluding hydrogens is 202 g/mol. The molecule has 3 heteroatoms. The van der Waals surface area contributed by atoms with Crippen molar-refractivity contribution in [1.29, 1.82) is 0 Å². The molecule has 0 aromatic carbocycles. The first-order chi connectivity index (χ1) is 6.83. The van der Waals surface area contributed by atoms with Crippen LogP contribution in [0.3, 0.4) is 0 Å². The summed E-state index contributed by atoms with van der Waals surface area (Å²) in [6.45, 7) is 14.6. The van der Waals surface area contributed by atoms with Crippen LogP contribution in [0.2, 0.25) is 18.1 Å². The van der Waals surface area contributed by atoms with E-state index in [4.69, 9.17) is 4.43 Å². The highest BCUT2D eigenvalue weighted by Crippen LogP contribution is 2.36. The summed E-state index contributed by atoms with van der Waals surface area (Å²) in [6.07, 6.45) is 2.85. The van der Waals surface area contributed by atoms with E-state index in [1.165, 1.54) is 19.4 Å². The molecule has 0 spiro atoms. The smallest absolute Gasteiger partial charge is 0.192 e. The first-order valence-corrected chi connectivity index (χ1v) is 9.08. The molecule has 1 N–H and O–H groups in total. The molecule has 0 atom stereocenters. The van der Waals surface area contributed by atoms with Crippen LogP contribution in [0.15, 0.2) is 0 Å². The van der Waals surface area contributed by atoms with Crippen LogP contribution in [0.1, 0.15) is 33.6 Å². The zero-order valence-electron chi connectivity index (χ0n) is 11.0. The second-order valence-corrected chi connectivity index (χ2v) is 11.1. The highest BCUT2D eigenvalue weighted by Gasteiger charge is 2.36. The lowest BCUT2D eigenvalue weighted by molar-refractivity contribution is 0.285. The highest BCUT2D eigenvalue weighted by atomic mass is 28.4.